The lowest BCUT2D eigenvalue weighted by Crippen LogP contribution is -2.37. The molecule has 24 heavy (non-hydrogen) atoms. The molecule has 0 radical (unpaired) electrons. The van der Waals surface area contributed by atoms with Gasteiger partial charge in [-0.1, -0.05) is 18.2 Å². The fourth-order valence-corrected chi connectivity index (χ4v) is 1.47. The van der Waals surface area contributed by atoms with Gasteiger partial charge >= 0.3 is 17.8 Å². The third-order valence-electron chi connectivity index (χ3n) is 2.45. The second-order valence-corrected chi connectivity index (χ2v) is 4.36. The molecule has 6 nitrogen and oxygen atoms in total. The van der Waals surface area contributed by atoms with Gasteiger partial charge < -0.3 is 19.7 Å². The third kappa shape index (κ3) is 7.43. The van der Waals surface area contributed by atoms with Gasteiger partial charge in [0.1, 0.15) is 13.0 Å². The zero-order valence-corrected chi connectivity index (χ0v) is 13.1. The van der Waals surface area contributed by atoms with Crippen LogP contribution in [0, 0.1) is 0 Å². The first-order valence-electron chi connectivity index (χ1n) is 6.39. The van der Waals surface area contributed by atoms with Crippen LogP contribution in [0.5, 0.6) is 0 Å². The lowest BCUT2D eigenvalue weighted by atomic mass is 10.2. The summed E-state index contributed by atoms with van der Waals surface area (Å²) in [5.74, 6) is -3.65. The zero-order chi connectivity index (χ0) is 18.9. The average molecular weight is 347 g/mol. The molecule has 1 N–H and O–H groups in total. The van der Waals surface area contributed by atoms with Crippen LogP contribution in [-0.2, 0) is 14.3 Å². The van der Waals surface area contributed by atoms with Gasteiger partial charge in [-0.15, -0.1) is 0 Å². The van der Waals surface area contributed by atoms with Crippen molar-refractivity contribution in [3.05, 3.63) is 47.4 Å². The number of carboxylic acids is 1. The van der Waals surface area contributed by atoms with Gasteiger partial charge in [-0.25, -0.2) is 4.79 Å². The van der Waals surface area contributed by atoms with Crippen LogP contribution in [0.2, 0.25) is 0 Å². The first-order valence-corrected chi connectivity index (χ1v) is 6.39. The largest absolute Gasteiger partial charge is 0.542 e. The molecular weight excluding hydrogens is 331 g/mol. The van der Waals surface area contributed by atoms with Crippen molar-refractivity contribution in [2.75, 3.05) is 14.2 Å². The number of likely N-dealkylation sites (N-methyl/N-ethyl adjacent to an activating group) is 1. The van der Waals surface area contributed by atoms with E-state index in [2.05, 4.69) is 4.74 Å². The van der Waals surface area contributed by atoms with Crippen LogP contribution in [0.15, 0.2) is 41.8 Å². The number of hydrogen-bond acceptors (Lipinski definition) is 5. The number of aliphatic hydroxyl groups excluding tert-OH is 1. The number of ether oxygens (including phenoxy) is 1. The van der Waals surface area contributed by atoms with Gasteiger partial charge in [0, 0.05) is 12.5 Å². The molecule has 1 rings (SSSR count). The van der Waals surface area contributed by atoms with Crippen molar-refractivity contribution in [1.29, 1.82) is 0 Å². The summed E-state index contributed by atoms with van der Waals surface area (Å²) in [5.41, 5.74) is 1.05. The van der Waals surface area contributed by atoms with E-state index < -0.39 is 18.1 Å². The summed E-state index contributed by atoms with van der Waals surface area (Å²) >= 11 is 0. The van der Waals surface area contributed by atoms with E-state index in [1.807, 2.05) is 30.3 Å². The van der Waals surface area contributed by atoms with E-state index in [0.717, 1.165) is 5.56 Å². The van der Waals surface area contributed by atoms with Gasteiger partial charge in [-0.05, 0) is 12.1 Å². The first kappa shape index (κ1) is 21.2. The standard InChI is InChI=1S/C13H15NO3.C2HF3O2/c1-10(15)12(13(16)17-3)14(2)9-11-7-5-4-6-8-11;3-2(4,5)1(6)7/h4-9H,1-3H3;(H,6,7). The number of carbonyl (C=O) groups is 2. The number of nitrogens with zero attached hydrogens (tertiary/aromatic N) is 1. The summed E-state index contributed by atoms with van der Waals surface area (Å²) in [4.78, 5) is 20.3. The predicted molar refractivity (Wildman–Crippen MR) is 76.2 cm³/mol. The van der Waals surface area contributed by atoms with E-state index in [1.54, 1.807) is 13.3 Å². The number of methoxy groups -OCH3 is 1. The molecule has 0 fully saturated rings. The first-order chi connectivity index (χ1) is 11.0. The molecule has 0 aliphatic heterocycles. The van der Waals surface area contributed by atoms with Gasteiger partial charge in [0.15, 0.2) is 12.0 Å². The maximum absolute atomic E-state index is 11.5. The normalized spacial score (nSPS) is 12.5. The minimum absolute atomic E-state index is 0.0773. The Hall–Kier alpha value is -2.84. The lowest BCUT2D eigenvalue weighted by molar-refractivity contribution is -0.437. The number of hydrogen-bond donors (Lipinski definition) is 1. The maximum atomic E-state index is 11.5. The van der Waals surface area contributed by atoms with Crippen molar-refractivity contribution < 1.29 is 42.3 Å². The molecule has 1 aromatic rings. The molecule has 0 amide bonds. The monoisotopic (exact) mass is 347 g/mol. The number of halogens is 3. The summed E-state index contributed by atoms with van der Waals surface area (Å²) in [6.45, 7) is 1.45. The Morgan fingerprint density at radius 2 is 1.71 bits per heavy atom. The van der Waals surface area contributed by atoms with E-state index in [4.69, 9.17) is 9.90 Å². The number of allylic oxidation sites excluding steroid dienone is 1. The summed E-state index contributed by atoms with van der Waals surface area (Å²) in [7, 11) is 2.96. The second kappa shape index (κ2) is 9.33. The summed E-state index contributed by atoms with van der Waals surface area (Å²) in [5, 5.41) is 18.3. The van der Waals surface area contributed by atoms with E-state index in [0.29, 0.717) is 0 Å². The average Bonchev–Trinajstić information content (AvgIpc) is 2.47. The Kier molecular flexibility index (Phi) is 8.23. The minimum atomic E-state index is -5.19. The maximum Gasteiger partial charge on any atom is 0.430 e. The van der Waals surface area contributed by atoms with E-state index in [1.165, 1.54) is 18.6 Å². The number of esters is 1. The fraction of sp³-hybridized carbons (Fsp3) is 0.267. The van der Waals surface area contributed by atoms with Crippen molar-refractivity contribution in [3.8, 4) is 0 Å². The highest BCUT2D eigenvalue weighted by Crippen LogP contribution is 2.11. The third-order valence-corrected chi connectivity index (χ3v) is 2.45. The van der Waals surface area contributed by atoms with Crippen LogP contribution in [0.3, 0.4) is 0 Å². The van der Waals surface area contributed by atoms with Crippen molar-refractivity contribution in [3.63, 3.8) is 0 Å². The molecule has 0 aromatic heterocycles. The second-order valence-electron chi connectivity index (χ2n) is 4.36. The van der Waals surface area contributed by atoms with Crippen LogP contribution >= 0.6 is 0 Å². The van der Waals surface area contributed by atoms with Gasteiger partial charge in [-0.2, -0.15) is 17.7 Å². The number of aliphatic carboxylic acids is 1. The van der Waals surface area contributed by atoms with Crippen molar-refractivity contribution in [2.45, 2.75) is 13.1 Å². The van der Waals surface area contributed by atoms with Gasteiger partial charge in [0.05, 0.1) is 7.11 Å². The number of rotatable bonds is 3. The molecule has 132 valence electrons. The molecule has 0 spiro atoms. The van der Waals surface area contributed by atoms with E-state index in [9.17, 15) is 23.1 Å². The van der Waals surface area contributed by atoms with Crippen LogP contribution in [-0.4, -0.2) is 48.2 Å². The van der Waals surface area contributed by atoms with Gasteiger partial charge in [-0.3, -0.25) is 0 Å². The van der Waals surface area contributed by atoms with Crippen LogP contribution in [0.1, 0.15) is 12.5 Å². The molecule has 0 saturated heterocycles. The Balaban J connectivity index is 0.000000640. The van der Waals surface area contributed by atoms with Gasteiger partial charge in [0.2, 0.25) is 0 Å². The SMILES string of the molecule is COC(=O)/C(=C(\C)O)[N+](C)=Cc1ccccc1.O=C([O-])C(F)(F)F. The number of aliphatic hydroxyl groups is 1. The highest BCUT2D eigenvalue weighted by Gasteiger charge is 2.28. The molecule has 9 heteroatoms. The highest BCUT2D eigenvalue weighted by atomic mass is 19.4. The van der Waals surface area contributed by atoms with E-state index >= 15 is 0 Å². The van der Waals surface area contributed by atoms with Crippen LogP contribution in [0.4, 0.5) is 13.2 Å². The zero-order valence-electron chi connectivity index (χ0n) is 13.1. The number of alkyl halides is 3. The quantitative estimate of drug-likeness (QED) is 0.290. The van der Waals surface area contributed by atoms with Crippen LogP contribution in [0.25, 0.3) is 0 Å². The van der Waals surface area contributed by atoms with Crippen molar-refractivity contribution >= 4 is 18.2 Å². The molecule has 0 unspecified atom stereocenters. The highest BCUT2D eigenvalue weighted by molar-refractivity contribution is 5.87. The Morgan fingerprint density at radius 3 is 2.04 bits per heavy atom. The number of carbonyl (C=O) groups excluding carboxylic acids is 2. The lowest BCUT2D eigenvalue weighted by Gasteiger charge is -2.03. The topological polar surface area (TPSA) is 89.7 Å². The van der Waals surface area contributed by atoms with Crippen molar-refractivity contribution in [2.24, 2.45) is 0 Å². The summed E-state index contributed by atoms with van der Waals surface area (Å²) in [6, 6.07) is 9.50. The molecule has 0 atom stereocenters. The smallest absolute Gasteiger partial charge is 0.430 e. The Labute approximate surface area is 136 Å². The fourth-order valence-electron chi connectivity index (χ4n) is 1.47. The van der Waals surface area contributed by atoms with Crippen LogP contribution < -0.4 is 5.11 Å². The van der Waals surface area contributed by atoms with E-state index in [-0.39, 0.29) is 11.5 Å². The summed E-state index contributed by atoms with van der Waals surface area (Å²) < 4.78 is 37.7. The molecule has 0 saturated carbocycles. The summed E-state index contributed by atoms with van der Waals surface area (Å²) in [6.07, 6.45) is -3.45. The number of benzene rings is 1. The molecular formula is C15H16F3NO5. The molecule has 0 bridgehead atoms. The minimum Gasteiger partial charge on any atom is -0.542 e. The molecule has 0 heterocycles. The molecule has 1 aromatic carbocycles. The Morgan fingerprint density at radius 1 is 1.25 bits per heavy atom. The van der Waals surface area contributed by atoms with Crippen molar-refractivity contribution in [1.82, 2.24) is 0 Å². The van der Waals surface area contributed by atoms with Gasteiger partial charge in [0.25, 0.3) is 0 Å². The molecule has 0 aliphatic carbocycles. The predicted octanol–water partition coefficient (Wildman–Crippen LogP) is 1.01. The Bertz CT molecular complexity index is 632. The molecule has 0 aliphatic rings. The number of carboxylic acid groups (broad SMARTS) is 1.